The normalized spacial score (nSPS) is 19.8. The lowest BCUT2D eigenvalue weighted by atomic mass is 9.96. The molecular weight excluding hydrogens is 260 g/mol. The fraction of sp³-hybridized carbons (Fsp3) is 0.529. The molecule has 1 aliphatic rings. The van der Waals surface area contributed by atoms with Crippen molar-refractivity contribution in [2.24, 2.45) is 0 Å². The molecule has 0 spiro atoms. The van der Waals surface area contributed by atoms with Crippen LogP contribution in [0.15, 0.2) is 30.6 Å². The Kier molecular flexibility index (Phi) is 4.34. The van der Waals surface area contributed by atoms with Gasteiger partial charge in [0, 0.05) is 25.6 Å². The van der Waals surface area contributed by atoms with Crippen LogP contribution in [0.1, 0.15) is 42.6 Å². The number of hydrogen-bond acceptors (Lipinski definition) is 3. The summed E-state index contributed by atoms with van der Waals surface area (Å²) in [5.74, 6) is 1.68. The summed E-state index contributed by atoms with van der Waals surface area (Å²) in [5.41, 5.74) is 2.75. The largest absolute Gasteiger partial charge is 0.318 e. The van der Waals surface area contributed by atoms with E-state index in [1.54, 1.807) is 0 Å². The van der Waals surface area contributed by atoms with Gasteiger partial charge >= 0.3 is 0 Å². The minimum absolute atomic E-state index is 0.519. The highest BCUT2D eigenvalue weighted by Gasteiger charge is 2.24. The highest BCUT2D eigenvalue weighted by atomic mass is 15.3. The molecule has 1 fully saturated rings. The number of piperidine rings is 1. The van der Waals surface area contributed by atoms with Gasteiger partial charge in [0.05, 0.1) is 0 Å². The molecule has 3 rings (SSSR count). The summed E-state index contributed by atoms with van der Waals surface area (Å²) in [6.07, 6.45) is 4.32. The van der Waals surface area contributed by atoms with Gasteiger partial charge in [-0.2, -0.15) is 0 Å². The van der Waals surface area contributed by atoms with Crippen LogP contribution in [0, 0.1) is 6.92 Å². The zero-order valence-electron chi connectivity index (χ0n) is 13.0. The molecule has 0 saturated carbocycles. The van der Waals surface area contributed by atoms with Gasteiger partial charge in [-0.25, -0.2) is 0 Å². The average Bonchev–Trinajstić information content (AvgIpc) is 2.96. The average molecular weight is 284 g/mol. The SMILES string of the molecule is CCn1cnnc1[C@@H]1CCCN(Cc2cccc(C)c2)C1. The molecule has 0 amide bonds. The summed E-state index contributed by atoms with van der Waals surface area (Å²) in [5, 5.41) is 8.44. The van der Waals surface area contributed by atoms with E-state index >= 15 is 0 Å². The van der Waals surface area contributed by atoms with Gasteiger partial charge in [-0.3, -0.25) is 4.90 Å². The molecule has 1 saturated heterocycles. The van der Waals surface area contributed by atoms with Crippen molar-refractivity contribution in [3.8, 4) is 0 Å². The summed E-state index contributed by atoms with van der Waals surface area (Å²) in [6.45, 7) is 8.58. The first-order valence-corrected chi connectivity index (χ1v) is 7.92. The van der Waals surface area contributed by atoms with Crippen LogP contribution in [0.4, 0.5) is 0 Å². The lowest BCUT2D eigenvalue weighted by molar-refractivity contribution is 0.194. The predicted octanol–water partition coefficient (Wildman–Crippen LogP) is 2.99. The summed E-state index contributed by atoms with van der Waals surface area (Å²) < 4.78 is 2.18. The molecule has 4 heteroatoms. The van der Waals surface area contributed by atoms with Crippen LogP contribution < -0.4 is 0 Å². The van der Waals surface area contributed by atoms with Gasteiger partial charge in [0.15, 0.2) is 0 Å². The second-order valence-corrected chi connectivity index (χ2v) is 6.04. The zero-order valence-corrected chi connectivity index (χ0v) is 13.0. The van der Waals surface area contributed by atoms with Crippen LogP contribution in [-0.4, -0.2) is 32.8 Å². The van der Waals surface area contributed by atoms with E-state index in [4.69, 9.17) is 0 Å². The van der Waals surface area contributed by atoms with E-state index in [-0.39, 0.29) is 0 Å². The Morgan fingerprint density at radius 3 is 3.05 bits per heavy atom. The Morgan fingerprint density at radius 1 is 1.33 bits per heavy atom. The number of hydrogen-bond donors (Lipinski definition) is 0. The molecule has 0 N–H and O–H groups in total. The maximum Gasteiger partial charge on any atom is 0.137 e. The third-order valence-electron chi connectivity index (χ3n) is 4.35. The topological polar surface area (TPSA) is 34.0 Å². The number of aromatic nitrogens is 3. The van der Waals surface area contributed by atoms with Gasteiger partial charge in [0.25, 0.3) is 0 Å². The van der Waals surface area contributed by atoms with E-state index in [1.807, 2.05) is 6.33 Å². The minimum Gasteiger partial charge on any atom is -0.318 e. The summed E-state index contributed by atoms with van der Waals surface area (Å²) in [7, 11) is 0. The third kappa shape index (κ3) is 3.32. The first-order chi connectivity index (χ1) is 10.3. The van der Waals surface area contributed by atoms with Crippen molar-refractivity contribution >= 4 is 0 Å². The second-order valence-electron chi connectivity index (χ2n) is 6.04. The number of aryl methyl sites for hydroxylation is 2. The lowest BCUT2D eigenvalue weighted by Crippen LogP contribution is -2.34. The first kappa shape index (κ1) is 14.3. The quantitative estimate of drug-likeness (QED) is 0.865. The van der Waals surface area contributed by atoms with Crippen molar-refractivity contribution in [1.29, 1.82) is 0 Å². The van der Waals surface area contributed by atoms with Crippen molar-refractivity contribution in [2.75, 3.05) is 13.1 Å². The zero-order chi connectivity index (χ0) is 14.7. The van der Waals surface area contributed by atoms with E-state index in [0.29, 0.717) is 5.92 Å². The van der Waals surface area contributed by atoms with Gasteiger partial charge in [-0.1, -0.05) is 29.8 Å². The molecule has 0 unspecified atom stereocenters. The van der Waals surface area contributed by atoms with E-state index in [9.17, 15) is 0 Å². The van der Waals surface area contributed by atoms with Crippen LogP contribution in [0.3, 0.4) is 0 Å². The molecule has 2 heterocycles. The lowest BCUT2D eigenvalue weighted by Gasteiger charge is -2.32. The maximum atomic E-state index is 4.35. The molecule has 4 nitrogen and oxygen atoms in total. The third-order valence-corrected chi connectivity index (χ3v) is 4.35. The molecule has 1 atom stereocenters. The first-order valence-electron chi connectivity index (χ1n) is 7.92. The number of rotatable bonds is 4. The van der Waals surface area contributed by atoms with Gasteiger partial charge in [0.1, 0.15) is 12.2 Å². The highest BCUT2D eigenvalue weighted by Crippen LogP contribution is 2.26. The van der Waals surface area contributed by atoms with Crippen LogP contribution in [-0.2, 0) is 13.1 Å². The number of benzene rings is 1. The van der Waals surface area contributed by atoms with E-state index < -0.39 is 0 Å². The molecule has 0 aliphatic carbocycles. The van der Waals surface area contributed by atoms with Gasteiger partial charge < -0.3 is 4.57 Å². The monoisotopic (exact) mass is 284 g/mol. The molecule has 0 bridgehead atoms. The van der Waals surface area contributed by atoms with E-state index in [1.165, 1.54) is 30.5 Å². The molecule has 1 aromatic carbocycles. The smallest absolute Gasteiger partial charge is 0.137 e. The van der Waals surface area contributed by atoms with Crippen molar-refractivity contribution in [2.45, 2.75) is 45.7 Å². The summed E-state index contributed by atoms with van der Waals surface area (Å²) in [6, 6.07) is 8.83. The van der Waals surface area contributed by atoms with Gasteiger partial charge in [0.2, 0.25) is 0 Å². The van der Waals surface area contributed by atoms with E-state index in [0.717, 1.165) is 25.5 Å². The number of likely N-dealkylation sites (tertiary alicyclic amines) is 1. The predicted molar refractivity (Wildman–Crippen MR) is 84.1 cm³/mol. The molecule has 21 heavy (non-hydrogen) atoms. The summed E-state index contributed by atoms with van der Waals surface area (Å²) in [4.78, 5) is 2.55. The Labute approximate surface area is 126 Å². The molecular formula is C17H24N4. The summed E-state index contributed by atoms with van der Waals surface area (Å²) >= 11 is 0. The maximum absolute atomic E-state index is 4.35. The van der Waals surface area contributed by atoms with E-state index in [2.05, 4.69) is 57.8 Å². The standard InChI is InChI=1S/C17H24N4/c1-3-21-13-18-19-17(21)16-8-5-9-20(12-16)11-15-7-4-6-14(2)10-15/h4,6-7,10,13,16H,3,5,8-9,11-12H2,1-2H3/t16-/m1/s1. The van der Waals surface area contributed by atoms with Gasteiger partial charge in [-0.15, -0.1) is 10.2 Å². The molecule has 0 radical (unpaired) electrons. The van der Waals surface area contributed by atoms with Crippen LogP contribution >= 0.6 is 0 Å². The molecule has 1 aromatic heterocycles. The Morgan fingerprint density at radius 2 is 2.24 bits per heavy atom. The second kappa shape index (κ2) is 6.39. The van der Waals surface area contributed by atoms with Crippen LogP contribution in [0.5, 0.6) is 0 Å². The van der Waals surface area contributed by atoms with Crippen molar-refractivity contribution < 1.29 is 0 Å². The van der Waals surface area contributed by atoms with Gasteiger partial charge in [-0.05, 0) is 38.8 Å². The minimum atomic E-state index is 0.519. The fourth-order valence-corrected chi connectivity index (χ4v) is 3.30. The molecule has 1 aliphatic heterocycles. The van der Waals surface area contributed by atoms with Crippen LogP contribution in [0.25, 0.3) is 0 Å². The molecule has 112 valence electrons. The Bertz CT molecular complexity index is 590. The van der Waals surface area contributed by atoms with Crippen LogP contribution in [0.2, 0.25) is 0 Å². The van der Waals surface area contributed by atoms with Crippen molar-refractivity contribution in [1.82, 2.24) is 19.7 Å². The highest BCUT2D eigenvalue weighted by molar-refractivity contribution is 5.22. The molecule has 2 aromatic rings. The fourth-order valence-electron chi connectivity index (χ4n) is 3.30. The van der Waals surface area contributed by atoms with Crippen molar-refractivity contribution in [3.05, 3.63) is 47.5 Å². The number of nitrogens with zero attached hydrogens (tertiary/aromatic N) is 4. The Hall–Kier alpha value is -1.68. The Balaban J connectivity index is 1.68. The van der Waals surface area contributed by atoms with Crippen molar-refractivity contribution in [3.63, 3.8) is 0 Å².